The van der Waals surface area contributed by atoms with Gasteiger partial charge in [0.15, 0.2) is 0 Å². The molecule has 0 aliphatic heterocycles. The summed E-state index contributed by atoms with van der Waals surface area (Å²) < 4.78 is 14.0. The second-order valence-electron chi connectivity index (χ2n) is 4.44. The first-order valence-corrected chi connectivity index (χ1v) is 7.09. The molecule has 2 aromatic rings. The zero-order valence-corrected chi connectivity index (χ0v) is 12.3. The van der Waals surface area contributed by atoms with Crippen LogP contribution in [-0.4, -0.2) is 12.2 Å². The second-order valence-corrected chi connectivity index (χ2v) is 6.24. The molecule has 0 saturated heterocycles. The maximum atomic E-state index is 13.3. The largest absolute Gasteiger partial charge is 0.389 e. The Balaban J connectivity index is 2.25. The molecule has 2 nitrogen and oxygen atoms in total. The first-order valence-electron chi connectivity index (χ1n) is 5.90. The highest BCUT2D eigenvalue weighted by molar-refractivity contribution is 7.16. The van der Waals surface area contributed by atoms with E-state index in [1.807, 2.05) is 24.1 Å². The van der Waals surface area contributed by atoms with Gasteiger partial charge in [0.25, 0.3) is 0 Å². The van der Waals surface area contributed by atoms with Gasteiger partial charge < -0.3 is 10.0 Å². The summed E-state index contributed by atoms with van der Waals surface area (Å²) in [6, 6.07) is 8.29. The summed E-state index contributed by atoms with van der Waals surface area (Å²) in [4.78, 5) is 3.09. The van der Waals surface area contributed by atoms with Crippen molar-refractivity contribution in [3.05, 3.63) is 50.9 Å². The van der Waals surface area contributed by atoms with E-state index in [1.54, 1.807) is 13.0 Å². The molecule has 1 atom stereocenters. The standard InChI is InChI=1S/C14H15ClFNOS/c1-9(18)12-7-10(16)3-5-13(12)17(2)8-11-4-6-14(15)19-11/h3-7,9,18H,8H2,1-2H3/t9-/m0/s1. The molecular formula is C14H15ClFNOS. The van der Waals surface area contributed by atoms with Crippen LogP contribution in [0.5, 0.6) is 0 Å². The van der Waals surface area contributed by atoms with Crippen molar-refractivity contribution in [2.45, 2.75) is 19.6 Å². The highest BCUT2D eigenvalue weighted by Gasteiger charge is 2.13. The molecule has 0 fully saturated rings. The van der Waals surface area contributed by atoms with Crippen LogP contribution in [0.25, 0.3) is 0 Å². The van der Waals surface area contributed by atoms with Gasteiger partial charge in [0.05, 0.1) is 17.0 Å². The van der Waals surface area contributed by atoms with Crippen molar-refractivity contribution in [2.75, 3.05) is 11.9 Å². The van der Waals surface area contributed by atoms with E-state index in [-0.39, 0.29) is 5.82 Å². The number of anilines is 1. The summed E-state index contributed by atoms with van der Waals surface area (Å²) in [5.74, 6) is -0.341. The predicted molar refractivity (Wildman–Crippen MR) is 78.5 cm³/mol. The van der Waals surface area contributed by atoms with Gasteiger partial charge in [-0.15, -0.1) is 11.3 Å². The molecule has 0 saturated carbocycles. The molecule has 2 rings (SSSR count). The number of aliphatic hydroxyl groups excluding tert-OH is 1. The Morgan fingerprint density at radius 3 is 2.68 bits per heavy atom. The molecule has 1 N–H and O–H groups in total. The van der Waals surface area contributed by atoms with Crippen molar-refractivity contribution in [2.24, 2.45) is 0 Å². The molecule has 0 aliphatic rings. The number of aliphatic hydroxyl groups is 1. The van der Waals surface area contributed by atoms with Gasteiger partial charge in [-0.25, -0.2) is 4.39 Å². The SMILES string of the molecule is C[C@H](O)c1cc(F)ccc1N(C)Cc1ccc(Cl)s1. The quantitative estimate of drug-likeness (QED) is 0.913. The minimum absolute atomic E-state index is 0.341. The Hall–Kier alpha value is -1.10. The van der Waals surface area contributed by atoms with E-state index in [0.29, 0.717) is 12.1 Å². The third kappa shape index (κ3) is 3.47. The zero-order valence-electron chi connectivity index (χ0n) is 10.7. The van der Waals surface area contributed by atoms with E-state index < -0.39 is 6.10 Å². The van der Waals surface area contributed by atoms with E-state index >= 15 is 0 Å². The summed E-state index contributed by atoms with van der Waals surface area (Å²) in [6.45, 7) is 2.30. The molecule has 1 heterocycles. The van der Waals surface area contributed by atoms with Gasteiger partial charge in [-0.05, 0) is 37.3 Å². The van der Waals surface area contributed by atoms with E-state index in [2.05, 4.69) is 0 Å². The van der Waals surface area contributed by atoms with Gasteiger partial charge in [-0.1, -0.05) is 11.6 Å². The lowest BCUT2D eigenvalue weighted by Gasteiger charge is -2.23. The lowest BCUT2D eigenvalue weighted by atomic mass is 10.1. The molecule has 5 heteroatoms. The molecule has 0 unspecified atom stereocenters. The summed E-state index contributed by atoms with van der Waals surface area (Å²) in [7, 11) is 1.91. The predicted octanol–water partition coefficient (Wildman–Crippen LogP) is 4.23. The lowest BCUT2D eigenvalue weighted by Crippen LogP contribution is -2.18. The number of hydrogen-bond acceptors (Lipinski definition) is 3. The minimum Gasteiger partial charge on any atom is -0.389 e. The normalized spacial score (nSPS) is 12.5. The van der Waals surface area contributed by atoms with Gasteiger partial charge in [-0.3, -0.25) is 0 Å². The Bertz CT molecular complexity index is 570. The summed E-state index contributed by atoms with van der Waals surface area (Å²) >= 11 is 7.42. The highest BCUT2D eigenvalue weighted by Crippen LogP contribution is 2.29. The molecule has 0 spiro atoms. The molecule has 19 heavy (non-hydrogen) atoms. The molecule has 0 amide bonds. The van der Waals surface area contributed by atoms with Crippen LogP contribution < -0.4 is 4.90 Å². The van der Waals surface area contributed by atoms with Crippen molar-refractivity contribution in [1.82, 2.24) is 0 Å². The number of nitrogens with zero attached hydrogens (tertiary/aromatic N) is 1. The van der Waals surface area contributed by atoms with Gasteiger partial charge in [0.1, 0.15) is 5.82 Å². The van der Waals surface area contributed by atoms with Crippen LogP contribution in [0.2, 0.25) is 4.34 Å². The van der Waals surface area contributed by atoms with Crippen molar-refractivity contribution in [1.29, 1.82) is 0 Å². The maximum absolute atomic E-state index is 13.3. The minimum atomic E-state index is -0.708. The van der Waals surface area contributed by atoms with Crippen LogP contribution in [-0.2, 0) is 6.54 Å². The van der Waals surface area contributed by atoms with Crippen molar-refractivity contribution < 1.29 is 9.50 Å². The lowest BCUT2D eigenvalue weighted by molar-refractivity contribution is 0.199. The summed E-state index contributed by atoms with van der Waals surface area (Å²) in [5, 5.41) is 9.74. The number of hydrogen-bond donors (Lipinski definition) is 1. The number of halogens is 2. The maximum Gasteiger partial charge on any atom is 0.123 e. The molecule has 1 aromatic heterocycles. The first kappa shape index (κ1) is 14.3. The average molecular weight is 300 g/mol. The highest BCUT2D eigenvalue weighted by atomic mass is 35.5. The molecule has 0 bridgehead atoms. The van der Waals surface area contributed by atoms with Crippen molar-refractivity contribution in [3.63, 3.8) is 0 Å². The fourth-order valence-corrected chi connectivity index (χ4v) is 3.10. The van der Waals surface area contributed by atoms with Crippen molar-refractivity contribution >= 4 is 28.6 Å². The van der Waals surface area contributed by atoms with E-state index in [9.17, 15) is 9.50 Å². The van der Waals surface area contributed by atoms with Crippen LogP contribution in [0.3, 0.4) is 0 Å². The van der Waals surface area contributed by atoms with Crippen LogP contribution >= 0.6 is 22.9 Å². The third-order valence-corrected chi connectivity index (χ3v) is 4.09. The van der Waals surface area contributed by atoms with Gasteiger partial charge >= 0.3 is 0 Å². The first-order chi connectivity index (χ1) is 8.97. The molecule has 0 radical (unpaired) electrons. The Morgan fingerprint density at radius 2 is 2.11 bits per heavy atom. The van der Waals surface area contributed by atoms with Gasteiger partial charge in [-0.2, -0.15) is 0 Å². The number of thiophene rings is 1. The Morgan fingerprint density at radius 1 is 1.37 bits per heavy atom. The molecule has 102 valence electrons. The fraction of sp³-hybridized carbons (Fsp3) is 0.286. The number of rotatable bonds is 4. The monoisotopic (exact) mass is 299 g/mol. The Labute approximate surface area is 121 Å². The van der Waals surface area contributed by atoms with Gasteiger partial charge in [0, 0.05) is 23.2 Å². The fourth-order valence-electron chi connectivity index (χ4n) is 1.96. The van der Waals surface area contributed by atoms with Crippen LogP contribution in [0, 0.1) is 5.82 Å². The van der Waals surface area contributed by atoms with Crippen LogP contribution in [0.1, 0.15) is 23.5 Å². The van der Waals surface area contributed by atoms with E-state index in [1.165, 1.54) is 23.5 Å². The van der Waals surface area contributed by atoms with Crippen LogP contribution in [0.15, 0.2) is 30.3 Å². The van der Waals surface area contributed by atoms with Crippen LogP contribution in [0.4, 0.5) is 10.1 Å². The van der Waals surface area contributed by atoms with E-state index in [4.69, 9.17) is 11.6 Å². The van der Waals surface area contributed by atoms with Crippen molar-refractivity contribution in [3.8, 4) is 0 Å². The molecule has 1 aromatic carbocycles. The van der Waals surface area contributed by atoms with E-state index in [0.717, 1.165) is 14.9 Å². The third-order valence-electron chi connectivity index (χ3n) is 2.87. The number of benzene rings is 1. The zero-order chi connectivity index (χ0) is 14.0. The Kier molecular flexibility index (Phi) is 4.45. The smallest absolute Gasteiger partial charge is 0.123 e. The summed E-state index contributed by atoms with van der Waals surface area (Å²) in [5.41, 5.74) is 1.41. The second kappa shape index (κ2) is 5.90. The molecular weight excluding hydrogens is 285 g/mol. The molecule has 0 aliphatic carbocycles. The van der Waals surface area contributed by atoms with Gasteiger partial charge in [0.2, 0.25) is 0 Å². The summed E-state index contributed by atoms with van der Waals surface area (Å²) in [6.07, 6.45) is -0.708. The topological polar surface area (TPSA) is 23.5 Å². The average Bonchev–Trinajstić information content (AvgIpc) is 2.74.